The maximum atomic E-state index is 13.1. The van der Waals surface area contributed by atoms with Gasteiger partial charge in [0.15, 0.2) is 0 Å². The van der Waals surface area contributed by atoms with Crippen molar-refractivity contribution in [2.75, 3.05) is 10.1 Å². The van der Waals surface area contributed by atoms with Gasteiger partial charge in [0.25, 0.3) is 0 Å². The predicted octanol–water partition coefficient (Wildman–Crippen LogP) is 5.25. The monoisotopic (exact) mass is 436 g/mol. The topological polar surface area (TPSA) is 59.5 Å². The molecule has 1 heterocycles. The van der Waals surface area contributed by atoms with Crippen LogP contribution in [0.25, 0.3) is 0 Å². The second kappa shape index (κ2) is 8.74. The molecule has 0 atom stereocenters. The van der Waals surface area contributed by atoms with Gasteiger partial charge in [-0.25, -0.2) is 8.42 Å². The summed E-state index contributed by atoms with van der Waals surface area (Å²) in [5, 5.41) is 0. The van der Waals surface area contributed by atoms with Crippen molar-refractivity contribution in [3.8, 4) is 11.5 Å². The van der Waals surface area contributed by atoms with Gasteiger partial charge in [-0.05, 0) is 61.0 Å². The zero-order valence-corrected chi connectivity index (χ0v) is 16.8. The third-order valence-corrected chi connectivity index (χ3v) is 6.06. The molecule has 1 aromatic heterocycles. The number of alkyl halides is 3. The molecule has 0 aliphatic carbocycles. The lowest BCUT2D eigenvalue weighted by Gasteiger charge is -2.24. The number of aromatic nitrogens is 1. The Labute approximate surface area is 172 Å². The molecule has 0 spiro atoms. The van der Waals surface area contributed by atoms with Crippen molar-refractivity contribution in [1.29, 1.82) is 0 Å². The first kappa shape index (κ1) is 21.6. The van der Waals surface area contributed by atoms with Crippen molar-refractivity contribution in [2.45, 2.75) is 19.6 Å². The number of para-hydroxylation sites is 1. The van der Waals surface area contributed by atoms with Crippen molar-refractivity contribution >= 4 is 15.7 Å². The Bertz CT molecular complexity index is 1090. The normalized spacial score (nSPS) is 11.9. The van der Waals surface area contributed by atoms with Crippen LogP contribution in [-0.4, -0.2) is 19.2 Å². The minimum atomic E-state index is -4.55. The number of hydrogen-bond donors (Lipinski definition) is 0. The lowest BCUT2D eigenvalue weighted by Crippen LogP contribution is -2.31. The Morgan fingerprint density at radius 1 is 0.967 bits per heavy atom. The number of sulfonamides is 1. The summed E-state index contributed by atoms with van der Waals surface area (Å²) in [6.07, 6.45) is -1.41. The van der Waals surface area contributed by atoms with Gasteiger partial charge in [-0.15, -0.1) is 0 Å². The summed E-state index contributed by atoms with van der Waals surface area (Å²) >= 11 is 0. The number of benzene rings is 2. The molecule has 0 amide bonds. The summed E-state index contributed by atoms with van der Waals surface area (Å²) in [6.45, 7) is 1.65. The maximum absolute atomic E-state index is 13.1. The number of halogens is 3. The molecule has 5 nitrogen and oxygen atoms in total. The fraction of sp³-hybridized carbons (Fsp3) is 0.190. The van der Waals surface area contributed by atoms with Gasteiger partial charge in [-0.1, -0.05) is 12.1 Å². The average Bonchev–Trinajstić information content (AvgIpc) is 2.73. The molecule has 0 bridgehead atoms. The fourth-order valence-electron chi connectivity index (χ4n) is 2.76. The Morgan fingerprint density at radius 2 is 1.60 bits per heavy atom. The van der Waals surface area contributed by atoms with E-state index in [0.717, 1.165) is 11.6 Å². The molecule has 30 heavy (non-hydrogen) atoms. The van der Waals surface area contributed by atoms with Gasteiger partial charge in [0.05, 0.1) is 23.5 Å². The quantitative estimate of drug-likeness (QED) is 0.508. The SMILES string of the molecule is CCS(=O)(=O)N(Cc1ccncc1)c1ccc(Oc2ccccc2C(F)(F)F)cc1. The molecular weight excluding hydrogens is 417 g/mol. The molecule has 0 saturated carbocycles. The van der Waals surface area contributed by atoms with E-state index in [-0.39, 0.29) is 23.8 Å². The highest BCUT2D eigenvalue weighted by Crippen LogP contribution is 2.38. The Balaban J connectivity index is 1.88. The van der Waals surface area contributed by atoms with E-state index in [9.17, 15) is 21.6 Å². The fourth-order valence-corrected chi connectivity index (χ4v) is 3.86. The summed E-state index contributed by atoms with van der Waals surface area (Å²) in [6, 6.07) is 14.2. The van der Waals surface area contributed by atoms with Gasteiger partial charge in [0, 0.05) is 12.4 Å². The summed E-state index contributed by atoms with van der Waals surface area (Å²) < 4.78 is 71.3. The maximum Gasteiger partial charge on any atom is 0.419 e. The highest BCUT2D eigenvalue weighted by molar-refractivity contribution is 7.92. The number of ether oxygens (including phenoxy) is 1. The second-order valence-electron chi connectivity index (χ2n) is 6.35. The Morgan fingerprint density at radius 3 is 2.20 bits per heavy atom. The zero-order valence-electron chi connectivity index (χ0n) is 16.0. The molecule has 3 aromatic rings. The first-order chi connectivity index (χ1) is 14.2. The first-order valence-electron chi connectivity index (χ1n) is 9.04. The molecule has 158 valence electrons. The van der Waals surface area contributed by atoms with Gasteiger partial charge in [0.1, 0.15) is 11.5 Å². The molecule has 0 aliphatic rings. The summed E-state index contributed by atoms with van der Waals surface area (Å²) in [5.74, 6) is -0.268. The van der Waals surface area contributed by atoms with Gasteiger partial charge in [-0.3, -0.25) is 9.29 Å². The first-order valence-corrected chi connectivity index (χ1v) is 10.6. The van der Waals surface area contributed by atoms with Crippen LogP contribution in [0, 0.1) is 0 Å². The largest absolute Gasteiger partial charge is 0.457 e. The van der Waals surface area contributed by atoms with Crippen LogP contribution in [-0.2, 0) is 22.7 Å². The van der Waals surface area contributed by atoms with E-state index in [0.29, 0.717) is 5.69 Å². The van der Waals surface area contributed by atoms with Crippen LogP contribution >= 0.6 is 0 Å². The van der Waals surface area contributed by atoms with Crippen LogP contribution in [0.15, 0.2) is 73.1 Å². The molecule has 0 fully saturated rings. The lowest BCUT2D eigenvalue weighted by atomic mass is 10.2. The molecule has 0 unspecified atom stereocenters. The highest BCUT2D eigenvalue weighted by atomic mass is 32.2. The molecule has 0 aliphatic heterocycles. The minimum absolute atomic E-state index is 0.102. The Hall–Kier alpha value is -3.07. The van der Waals surface area contributed by atoms with E-state index in [1.54, 1.807) is 31.5 Å². The standard InChI is InChI=1S/C21H19F3N2O3S/c1-2-30(27,28)26(15-16-11-13-25-14-12-16)17-7-9-18(10-8-17)29-20-6-4-3-5-19(20)21(22,23)24/h3-14H,2,15H2,1H3. The van der Waals surface area contributed by atoms with Crippen molar-refractivity contribution < 1.29 is 26.3 Å². The number of pyridine rings is 1. The summed E-state index contributed by atoms with van der Waals surface area (Å²) in [5.41, 5.74) is 0.244. The van der Waals surface area contributed by atoms with Crippen molar-refractivity contribution in [3.63, 3.8) is 0 Å². The average molecular weight is 436 g/mol. The van der Waals surface area contributed by atoms with Gasteiger partial charge in [0.2, 0.25) is 10.0 Å². The molecule has 0 saturated heterocycles. The highest BCUT2D eigenvalue weighted by Gasteiger charge is 2.34. The van der Waals surface area contributed by atoms with E-state index in [4.69, 9.17) is 4.74 Å². The molecule has 2 aromatic carbocycles. The van der Waals surface area contributed by atoms with Crippen LogP contribution in [0.3, 0.4) is 0 Å². The third kappa shape index (κ3) is 5.10. The van der Waals surface area contributed by atoms with Crippen molar-refractivity contribution in [1.82, 2.24) is 4.98 Å². The smallest absolute Gasteiger partial charge is 0.419 e. The lowest BCUT2D eigenvalue weighted by molar-refractivity contribution is -0.138. The van der Waals surface area contributed by atoms with Crippen LogP contribution in [0.1, 0.15) is 18.1 Å². The van der Waals surface area contributed by atoms with Crippen LogP contribution in [0.5, 0.6) is 11.5 Å². The molecule has 9 heteroatoms. The van der Waals surface area contributed by atoms with E-state index in [1.165, 1.54) is 46.8 Å². The molecule has 0 radical (unpaired) electrons. The number of anilines is 1. The van der Waals surface area contributed by atoms with Gasteiger partial charge in [-0.2, -0.15) is 13.2 Å². The third-order valence-electron chi connectivity index (χ3n) is 4.32. The van der Waals surface area contributed by atoms with Crippen LogP contribution in [0.2, 0.25) is 0 Å². The molecule has 3 rings (SSSR count). The number of hydrogen-bond acceptors (Lipinski definition) is 4. The predicted molar refractivity (Wildman–Crippen MR) is 108 cm³/mol. The summed E-state index contributed by atoms with van der Waals surface area (Å²) in [7, 11) is -3.59. The summed E-state index contributed by atoms with van der Waals surface area (Å²) in [4.78, 5) is 3.92. The van der Waals surface area contributed by atoms with Crippen molar-refractivity contribution in [2.24, 2.45) is 0 Å². The van der Waals surface area contributed by atoms with Crippen molar-refractivity contribution in [3.05, 3.63) is 84.2 Å². The molecular formula is C21H19F3N2O3S. The van der Waals surface area contributed by atoms with E-state index in [1.807, 2.05) is 0 Å². The van der Waals surface area contributed by atoms with E-state index < -0.39 is 21.8 Å². The zero-order chi connectivity index (χ0) is 21.8. The van der Waals surface area contributed by atoms with E-state index in [2.05, 4.69) is 4.98 Å². The second-order valence-corrected chi connectivity index (χ2v) is 8.53. The Kier molecular flexibility index (Phi) is 6.31. The minimum Gasteiger partial charge on any atom is -0.457 e. The number of nitrogens with zero attached hydrogens (tertiary/aromatic N) is 2. The number of rotatable bonds is 7. The van der Waals surface area contributed by atoms with Gasteiger partial charge < -0.3 is 4.74 Å². The van der Waals surface area contributed by atoms with Crippen LogP contribution in [0.4, 0.5) is 18.9 Å². The van der Waals surface area contributed by atoms with E-state index >= 15 is 0 Å². The molecule has 0 N–H and O–H groups in total. The van der Waals surface area contributed by atoms with Gasteiger partial charge >= 0.3 is 6.18 Å². The van der Waals surface area contributed by atoms with Crippen LogP contribution < -0.4 is 9.04 Å².